The number of para-hydroxylation sites is 1. The lowest BCUT2D eigenvalue weighted by molar-refractivity contribution is 0.488. The summed E-state index contributed by atoms with van der Waals surface area (Å²) >= 11 is 5.79. The van der Waals surface area contributed by atoms with Crippen molar-refractivity contribution in [3.8, 4) is 0 Å². The Hall–Kier alpha value is -1.14. The Morgan fingerprint density at radius 1 is 1.43 bits per heavy atom. The van der Waals surface area contributed by atoms with E-state index in [0.717, 1.165) is 5.82 Å². The molecular formula is C14H16ClFN2O2S. The summed E-state index contributed by atoms with van der Waals surface area (Å²) in [6, 6.07) is 4.84. The van der Waals surface area contributed by atoms with E-state index in [4.69, 9.17) is 11.6 Å². The lowest BCUT2D eigenvalue weighted by Gasteiger charge is -2.13. The molecule has 21 heavy (non-hydrogen) atoms. The van der Waals surface area contributed by atoms with Crippen molar-refractivity contribution in [3.05, 3.63) is 29.8 Å². The zero-order chi connectivity index (χ0) is 15.0. The first-order valence-corrected chi connectivity index (χ1v) is 9.26. The zero-order valence-electron chi connectivity index (χ0n) is 11.4. The predicted octanol–water partition coefficient (Wildman–Crippen LogP) is 2.39. The third kappa shape index (κ3) is 2.92. The molecule has 1 aliphatic rings. The third-order valence-electron chi connectivity index (χ3n) is 3.89. The van der Waals surface area contributed by atoms with E-state index in [0.29, 0.717) is 36.3 Å². The summed E-state index contributed by atoms with van der Waals surface area (Å²) in [7, 11) is -2.92. The van der Waals surface area contributed by atoms with Gasteiger partial charge in [-0.3, -0.25) is 0 Å². The van der Waals surface area contributed by atoms with Crippen LogP contribution in [0.25, 0.3) is 11.0 Å². The number of rotatable bonds is 4. The Morgan fingerprint density at radius 3 is 2.90 bits per heavy atom. The molecule has 1 aromatic heterocycles. The van der Waals surface area contributed by atoms with E-state index >= 15 is 0 Å². The van der Waals surface area contributed by atoms with Crippen molar-refractivity contribution in [2.45, 2.75) is 19.4 Å². The van der Waals surface area contributed by atoms with Crippen LogP contribution in [0.2, 0.25) is 0 Å². The van der Waals surface area contributed by atoms with Gasteiger partial charge in [0.2, 0.25) is 0 Å². The number of aryl methyl sites for hydroxylation is 1. The Balaban J connectivity index is 2.00. The average Bonchev–Trinajstić information content (AvgIpc) is 2.94. The standard InChI is InChI=1S/C14H16ClFN2O2S/c15-6-4-13-17-14-11(16)2-1-3-12(14)18(13)8-10-5-7-21(19,20)9-10/h1-3,10H,4-9H2. The molecule has 1 saturated heterocycles. The first-order valence-electron chi connectivity index (χ1n) is 6.90. The van der Waals surface area contributed by atoms with Crippen LogP contribution in [0.15, 0.2) is 18.2 Å². The summed E-state index contributed by atoms with van der Waals surface area (Å²) in [5, 5.41) is 0. The summed E-state index contributed by atoms with van der Waals surface area (Å²) in [5.74, 6) is 1.25. The number of fused-ring (bicyclic) bond motifs is 1. The number of aromatic nitrogens is 2. The number of benzene rings is 1. The minimum absolute atomic E-state index is 0.0599. The minimum atomic E-state index is -2.92. The van der Waals surface area contributed by atoms with E-state index < -0.39 is 9.84 Å². The lowest BCUT2D eigenvalue weighted by atomic mass is 10.1. The second-order valence-corrected chi connectivity index (χ2v) is 8.06. The SMILES string of the molecule is O=S1(=O)CCC(Cn2c(CCCl)nc3c(F)cccc32)C1. The number of alkyl halides is 1. The van der Waals surface area contributed by atoms with Crippen molar-refractivity contribution in [3.63, 3.8) is 0 Å². The maximum absolute atomic E-state index is 13.9. The van der Waals surface area contributed by atoms with Crippen molar-refractivity contribution < 1.29 is 12.8 Å². The van der Waals surface area contributed by atoms with Crippen LogP contribution in [0, 0.1) is 11.7 Å². The minimum Gasteiger partial charge on any atom is -0.328 e. The molecule has 1 aromatic carbocycles. The molecule has 0 saturated carbocycles. The highest BCUT2D eigenvalue weighted by atomic mass is 35.5. The van der Waals surface area contributed by atoms with Gasteiger partial charge in [0.05, 0.1) is 17.0 Å². The molecule has 1 atom stereocenters. The number of hydrogen-bond acceptors (Lipinski definition) is 3. The lowest BCUT2D eigenvalue weighted by Crippen LogP contribution is -2.15. The summed E-state index contributed by atoms with van der Waals surface area (Å²) in [6.07, 6.45) is 1.19. The van der Waals surface area contributed by atoms with Crippen LogP contribution in [-0.2, 0) is 22.8 Å². The predicted molar refractivity (Wildman–Crippen MR) is 80.9 cm³/mol. The first kappa shape index (κ1) is 14.8. The Morgan fingerprint density at radius 2 is 2.24 bits per heavy atom. The molecule has 4 nitrogen and oxygen atoms in total. The smallest absolute Gasteiger partial charge is 0.151 e. The summed E-state index contributed by atoms with van der Waals surface area (Å²) < 4.78 is 39.0. The molecule has 7 heteroatoms. The highest BCUT2D eigenvalue weighted by Crippen LogP contribution is 2.25. The molecule has 1 aliphatic heterocycles. The molecule has 0 N–H and O–H groups in total. The van der Waals surface area contributed by atoms with E-state index in [-0.39, 0.29) is 23.2 Å². The molecule has 3 rings (SSSR count). The fourth-order valence-electron chi connectivity index (χ4n) is 2.91. The maximum atomic E-state index is 13.9. The molecule has 0 spiro atoms. The fourth-order valence-corrected chi connectivity index (χ4v) is 4.93. The van der Waals surface area contributed by atoms with Crippen LogP contribution in [0.3, 0.4) is 0 Å². The molecule has 0 radical (unpaired) electrons. The van der Waals surface area contributed by atoms with Crippen LogP contribution in [0.4, 0.5) is 4.39 Å². The Bertz CT molecular complexity index is 773. The number of nitrogens with zero attached hydrogens (tertiary/aromatic N) is 2. The van der Waals surface area contributed by atoms with Gasteiger partial charge < -0.3 is 4.57 Å². The van der Waals surface area contributed by atoms with Gasteiger partial charge in [-0.15, -0.1) is 11.6 Å². The normalized spacial score (nSPS) is 21.1. The highest BCUT2D eigenvalue weighted by Gasteiger charge is 2.29. The van der Waals surface area contributed by atoms with Gasteiger partial charge in [0.1, 0.15) is 11.3 Å². The molecular weight excluding hydrogens is 315 g/mol. The Labute approximate surface area is 127 Å². The number of hydrogen-bond donors (Lipinski definition) is 0. The quantitative estimate of drug-likeness (QED) is 0.809. The van der Waals surface area contributed by atoms with Crippen LogP contribution >= 0.6 is 11.6 Å². The average molecular weight is 331 g/mol. The largest absolute Gasteiger partial charge is 0.328 e. The third-order valence-corrected chi connectivity index (χ3v) is 5.92. The molecule has 0 aliphatic carbocycles. The molecule has 2 heterocycles. The van der Waals surface area contributed by atoms with Crippen molar-refractivity contribution in [2.24, 2.45) is 5.92 Å². The van der Waals surface area contributed by atoms with Gasteiger partial charge in [0.25, 0.3) is 0 Å². The van der Waals surface area contributed by atoms with Crippen molar-refractivity contribution in [2.75, 3.05) is 17.4 Å². The molecule has 114 valence electrons. The van der Waals surface area contributed by atoms with Crippen LogP contribution < -0.4 is 0 Å². The van der Waals surface area contributed by atoms with Gasteiger partial charge in [-0.25, -0.2) is 17.8 Å². The number of sulfone groups is 1. The highest BCUT2D eigenvalue weighted by molar-refractivity contribution is 7.91. The zero-order valence-corrected chi connectivity index (χ0v) is 13.0. The maximum Gasteiger partial charge on any atom is 0.151 e. The van der Waals surface area contributed by atoms with E-state index in [1.165, 1.54) is 6.07 Å². The second-order valence-electron chi connectivity index (χ2n) is 5.45. The summed E-state index contributed by atoms with van der Waals surface area (Å²) in [6.45, 7) is 0.547. The molecule has 1 fully saturated rings. The van der Waals surface area contributed by atoms with Crippen molar-refractivity contribution >= 4 is 32.5 Å². The van der Waals surface area contributed by atoms with E-state index in [1.807, 2.05) is 10.6 Å². The summed E-state index contributed by atoms with van der Waals surface area (Å²) in [4.78, 5) is 4.33. The fraction of sp³-hybridized carbons (Fsp3) is 0.500. The van der Waals surface area contributed by atoms with Crippen molar-refractivity contribution in [1.29, 1.82) is 0 Å². The van der Waals surface area contributed by atoms with Gasteiger partial charge in [0, 0.05) is 18.8 Å². The first-order chi connectivity index (χ1) is 10.00. The van der Waals surface area contributed by atoms with Gasteiger partial charge in [-0.2, -0.15) is 0 Å². The van der Waals surface area contributed by atoms with E-state index in [9.17, 15) is 12.8 Å². The van der Waals surface area contributed by atoms with Gasteiger partial charge in [-0.1, -0.05) is 6.07 Å². The molecule has 0 amide bonds. The topological polar surface area (TPSA) is 52.0 Å². The monoisotopic (exact) mass is 330 g/mol. The second kappa shape index (κ2) is 5.57. The molecule has 1 unspecified atom stereocenters. The summed E-state index contributed by atoms with van der Waals surface area (Å²) in [5.41, 5.74) is 1.04. The van der Waals surface area contributed by atoms with Crippen LogP contribution in [0.1, 0.15) is 12.2 Å². The van der Waals surface area contributed by atoms with Crippen LogP contribution in [0.5, 0.6) is 0 Å². The number of halogens is 2. The van der Waals surface area contributed by atoms with Gasteiger partial charge in [-0.05, 0) is 24.5 Å². The van der Waals surface area contributed by atoms with Gasteiger partial charge in [0.15, 0.2) is 15.7 Å². The Kier molecular flexibility index (Phi) is 3.92. The van der Waals surface area contributed by atoms with Crippen LogP contribution in [-0.4, -0.2) is 35.4 Å². The molecule has 0 bridgehead atoms. The molecule has 2 aromatic rings. The van der Waals surface area contributed by atoms with Crippen molar-refractivity contribution in [1.82, 2.24) is 9.55 Å². The number of imidazole rings is 1. The van der Waals surface area contributed by atoms with Gasteiger partial charge >= 0.3 is 0 Å². The van der Waals surface area contributed by atoms with E-state index in [2.05, 4.69) is 4.98 Å². The van der Waals surface area contributed by atoms with E-state index in [1.54, 1.807) is 6.07 Å².